The lowest BCUT2D eigenvalue weighted by Crippen LogP contribution is -2.43. The molecule has 4 rings (SSSR count). The molecule has 2 heterocycles. The molecule has 2 fully saturated rings. The monoisotopic (exact) mass is 323 g/mol. The number of nitrogens with one attached hydrogen (secondary N) is 1. The van der Waals surface area contributed by atoms with E-state index in [9.17, 15) is 0 Å². The molecule has 126 valence electrons. The zero-order valence-corrected chi connectivity index (χ0v) is 14.4. The molecule has 2 aliphatic rings. The molecule has 0 aromatic heterocycles. The molecule has 0 saturated carbocycles. The molecular formula is C21H25NO2. The highest BCUT2D eigenvalue weighted by molar-refractivity contribution is 5.64. The first-order valence-corrected chi connectivity index (χ1v) is 8.86. The second kappa shape index (κ2) is 5.99. The molecular weight excluding hydrogens is 298 g/mol. The van der Waals surface area contributed by atoms with Crippen molar-refractivity contribution >= 4 is 0 Å². The summed E-state index contributed by atoms with van der Waals surface area (Å²) in [7, 11) is 0. The number of benzene rings is 2. The molecule has 2 aromatic rings. The fraction of sp³-hybridized carbons (Fsp3) is 0.429. The van der Waals surface area contributed by atoms with E-state index in [1.165, 1.54) is 16.7 Å². The molecule has 0 radical (unpaired) electrons. The first kappa shape index (κ1) is 15.8. The molecule has 3 nitrogen and oxygen atoms in total. The Morgan fingerprint density at radius 3 is 2.42 bits per heavy atom. The number of hydrogen-bond acceptors (Lipinski definition) is 3. The zero-order valence-electron chi connectivity index (χ0n) is 14.4. The fourth-order valence-electron chi connectivity index (χ4n) is 3.89. The van der Waals surface area contributed by atoms with Crippen LogP contribution in [0.1, 0.15) is 32.3 Å². The SMILES string of the molecule is CC1OC2(CCNCC2)OC1(C)c1cccc(-c2ccccc2)c1. The maximum atomic E-state index is 6.60. The van der Waals surface area contributed by atoms with Gasteiger partial charge in [-0.1, -0.05) is 48.5 Å². The molecule has 2 saturated heterocycles. The van der Waals surface area contributed by atoms with E-state index in [-0.39, 0.29) is 6.10 Å². The number of rotatable bonds is 2. The van der Waals surface area contributed by atoms with Gasteiger partial charge in [0.25, 0.3) is 0 Å². The summed E-state index contributed by atoms with van der Waals surface area (Å²) >= 11 is 0. The van der Waals surface area contributed by atoms with Crippen LogP contribution >= 0.6 is 0 Å². The summed E-state index contributed by atoms with van der Waals surface area (Å²) in [6.45, 7) is 6.20. The fourth-order valence-corrected chi connectivity index (χ4v) is 3.89. The van der Waals surface area contributed by atoms with E-state index in [1.807, 2.05) is 6.07 Å². The van der Waals surface area contributed by atoms with Gasteiger partial charge in [-0.2, -0.15) is 0 Å². The van der Waals surface area contributed by atoms with Crippen LogP contribution in [-0.4, -0.2) is 25.0 Å². The molecule has 24 heavy (non-hydrogen) atoms. The van der Waals surface area contributed by atoms with E-state index in [0.717, 1.165) is 25.9 Å². The van der Waals surface area contributed by atoms with Crippen molar-refractivity contribution in [1.29, 1.82) is 0 Å². The van der Waals surface area contributed by atoms with Crippen LogP contribution in [0.15, 0.2) is 54.6 Å². The van der Waals surface area contributed by atoms with Crippen LogP contribution in [0.25, 0.3) is 11.1 Å². The Balaban J connectivity index is 1.68. The first-order valence-electron chi connectivity index (χ1n) is 8.86. The van der Waals surface area contributed by atoms with Gasteiger partial charge in [0.2, 0.25) is 0 Å². The third-order valence-electron chi connectivity index (χ3n) is 5.47. The van der Waals surface area contributed by atoms with Crippen LogP contribution in [-0.2, 0) is 15.1 Å². The van der Waals surface area contributed by atoms with Crippen molar-refractivity contribution < 1.29 is 9.47 Å². The Kier molecular flexibility index (Phi) is 3.95. The van der Waals surface area contributed by atoms with Crippen molar-refractivity contribution in [2.75, 3.05) is 13.1 Å². The van der Waals surface area contributed by atoms with Crippen molar-refractivity contribution in [3.63, 3.8) is 0 Å². The standard InChI is InChI=1S/C21H25NO2/c1-16-20(2,24-21(23-16)11-13-22-14-12-21)19-10-6-9-18(15-19)17-7-4-3-5-8-17/h3-10,15-16,22H,11-14H2,1-2H3. The summed E-state index contributed by atoms with van der Waals surface area (Å²) in [6.07, 6.45) is 1.85. The summed E-state index contributed by atoms with van der Waals surface area (Å²) in [5, 5.41) is 3.39. The second-order valence-corrected chi connectivity index (χ2v) is 7.08. The molecule has 2 unspecified atom stereocenters. The van der Waals surface area contributed by atoms with Crippen molar-refractivity contribution in [3.05, 3.63) is 60.2 Å². The Morgan fingerprint density at radius 2 is 1.67 bits per heavy atom. The molecule has 0 bridgehead atoms. The van der Waals surface area contributed by atoms with Crippen LogP contribution in [0, 0.1) is 0 Å². The lowest BCUT2D eigenvalue weighted by atomic mass is 9.89. The van der Waals surface area contributed by atoms with Gasteiger partial charge in [-0.15, -0.1) is 0 Å². The third-order valence-corrected chi connectivity index (χ3v) is 5.47. The van der Waals surface area contributed by atoms with E-state index < -0.39 is 11.4 Å². The smallest absolute Gasteiger partial charge is 0.172 e. The number of hydrogen-bond donors (Lipinski definition) is 1. The lowest BCUT2D eigenvalue weighted by Gasteiger charge is -2.34. The summed E-state index contributed by atoms with van der Waals surface area (Å²) < 4.78 is 12.9. The molecule has 2 aromatic carbocycles. The van der Waals surface area contributed by atoms with Crippen LogP contribution in [0.3, 0.4) is 0 Å². The van der Waals surface area contributed by atoms with Crippen LogP contribution < -0.4 is 5.32 Å². The van der Waals surface area contributed by atoms with Crippen molar-refractivity contribution in [3.8, 4) is 11.1 Å². The summed E-state index contributed by atoms with van der Waals surface area (Å²) in [6, 6.07) is 19.2. The second-order valence-electron chi connectivity index (χ2n) is 7.08. The molecule has 2 aliphatic heterocycles. The van der Waals surface area contributed by atoms with Gasteiger partial charge in [0.15, 0.2) is 5.79 Å². The zero-order chi connectivity index (χ0) is 16.6. The minimum Gasteiger partial charge on any atom is -0.343 e. The predicted molar refractivity (Wildman–Crippen MR) is 95.7 cm³/mol. The maximum Gasteiger partial charge on any atom is 0.172 e. The van der Waals surface area contributed by atoms with Crippen molar-refractivity contribution in [2.45, 2.75) is 44.2 Å². The van der Waals surface area contributed by atoms with Gasteiger partial charge in [0.1, 0.15) is 5.60 Å². The van der Waals surface area contributed by atoms with Crippen LogP contribution in [0.4, 0.5) is 0 Å². The molecule has 1 spiro atoms. The van der Waals surface area contributed by atoms with E-state index in [4.69, 9.17) is 9.47 Å². The quantitative estimate of drug-likeness (QED) is 0.903. The average molecular weight is 323 g/mol. The summed E-state index contributed by atoms with van der Waals surface area (Å²) in [4.78, 5) is 0. The van der Waals surface area contributed by atoms with Crippen molar-refractivity contribution in [1.82, 2.24) is 5.32 Å². The van der Waals surface area contributed by atoms with E-state index >= 15 is 0 Å². The number of piperidine rings is 1. The van der Waals surface area contributed by atoms with Crippen LogP contribution in [0.2, 0.25) is 0 Å². The average Bonchev–Trinajstić information content (AvgIpc) is 2.87. The molecule has 3 heteroatoms. The van der Waals surface area contributed by atoms with Gasteiger partial charge in [-0.3, -0.25) is 0 Å². The predicted octanol–water partition coefficient (Wildman–Crippen LogP) is 4.08. The normalized spacial score (nSPS) is 29.0. The van der Waals surface area contributed by atoms with Crippen LogP contribution in [0.5, 0.6) is 0 Å². The van der Waals surface area contributed by atoms with Gasteiger partial charge in [-0.05, 0) is 36.6 Å². The van der Waals surface area contributed by atoms with Gasteiger partial charge in [0.05, 0.1) is 6.10 Å². The largest absolute Gasteiger partial charge is 0.343 e. The minimum atomic E-state index is -0.428. The summed E-state index contributed by atoms with van der Waals surface area (Å²) in [5.41, 5.74) is 3.22. The summed E-state index contributed by atoms with van der Waals surface area (Å²) in [5.74, 6) is -0.428. The molecule has 1 N–H and O–H groups in total. The first-order chi connectivity index (χ1) is 11.6. The van der Waals surface area contributed by atoms with Gasteiger partial charge in [-0.25, -0.2) is 0 Å². The van der Waals surface area contributed by atoms with E-state index in [2.05, 4.69) is 67.7 Å². The van der Waals surface area contributed by atoms with Crippen molar-refractivity contribution in [2.24, 2.45) is 0 Å². The van der Waals surface area contributed by atoms with Gasteiger partial charge in [0, 0.05) is 25.9 Å². The molecule has 0 aliphatic carbocycles. The third kappa shape index (κ3) is 2.67. The highest BCUT2D eigenvalue weighted by atomic mass is 16.8. The van der Waals surface area contributed by atoms with E-state index in [1.54, 1.807) is 0 Å². The van der Waals surface area contributed by atoms with Gasteiger partial charge < -0.3 is 14.8 Å². The Hall–Kier alpha value is -1.68. The van der Waals surface area contributed by atoms with Gasteiger partial charge >= 0.3 is 0 Å². The highest BCUT2D eigenvalue weighted by Gasteiger charge is 2.53. The Bertz CT molecular complexity index is 709. The topological polar surface area (TPSA) is 30.5 Å². The Labute approximate surface area is 144 Å². The minimum absolute atomic E-state index is 0.0293. The highest BCUT2D eigenvalue weighted by Crippen LogP contribution is 2.47. The Morgan fingerprint density at radius 1 is 0.958 bits per heavy atom. The maximum absolute atomic E-state index is 6.60. The molecule has 0 amide bonds. The lowest BCUT2D eigenvalue weighted by molar-refractivity contribution is -0.202. The number of ether oxygens (including phenoxy) is 2. The molecule has 2 atom stereocenters. The van der Waals surface area contributed by atoms with E-state index in [0.29, 0.717) is 0 Å².